The van der Waals surface area contributed by atoms with Crippen LogP contribution in [-0.4, -0.2) is 40.4 Å². The molecule has 0 spiro atoms. The molecule has 0 radical (unpaired) electrons. The average Bonchev–Trinajstić information content (AvgIpc) is 3.27. The largest absolute Gasteiger partial charge is 0.355 e. The first kappa shape index (κ1) is 21.7. The van der Waals surface area contributed by atoms with Crippen LogP contribution in [0.15, 0.2) is 35.6 Å². The van der Waals surface area contributed by atoms with Gasteiger partial charge in [-0.2, -0.15) is 0 Å². The lowest BCUT2D eigenvalue weighted by molar-refractivity contribution is 0.631. The van der Waals surface area contributed by atoms with E-state index in [0.717, 1.165) is 37.7 Å². The summed E-state index contributed by atoms with van der Waals surface area (Å²) in [4.78, 5) is 4.35. The highest BCUT2D eigenvalue weighted by Crippen LogP contribution is 2.41. The van der Waals surface area contributed by atoms with Crippen molar-refractivity contribution in [3.05, 3.63) is 47.5 Å². The number of guanidine groups is 1. The molecule has 7 heteroatoms. The Morgan fingerprint density at radius 3 is 2.67 bits per heavy atom. The fourth-order valence-electron chi connectivity index (χ4n) is 3.26. The van der Waals surface area contributed by atoms with Gasteiger partial charge in [0, 0.05) is 38.5 Å². The number of benzene rings is 1. The smallest absolute Gasteiger partial charge is 0.191 e. The van der Waals surface area contributed by atoms with Gasteiger partial charge >= 0.3 is 0 Å². The van der Waals surface area contributed by atoms with E-state index >= 15 is 0 Å². The zero-order valence-corrected chi connectivity index (χ0v) is 19.0. The molecule has 0 bridgehead atoms. The molecule has 2 unspecified atom stereocenters. The van der Waals surface area contributed by atoms with Crippen LogP contribution >= 0.6 is 24.0 Å². The fraction of sp³-hybridized carbons (Fsp3) is 0.550. The Kier molecular flexibility index (Phi) is 8.07. The first-order valence-electron chi connectivity index (χ1n) is 9.56. The summed E-state index contributed by atoms with van der Waals surface area (Å²) in [5, 5.41) is 15.0. The summed E-state index contributed by atoms with van der Waals surface area (Å²) >= 11 is 0. The van der Waals surface area contributed by atoms with E-state index in [9.17, 15) is 0 Å². The molecule has 0 amide bonds. The molecule has 0 saturated heterocycles. The fourth-order valence-corrected chi connectivity index (χ4v) is 3.26. The molecule has 1 fully saturated rings. The van der Waals surface area contributed by atoms with E-state index in [2.05, 4.69) is 75.4 Å². The standard InChI is InChI=1S/C20H30N6.HI/c1-5-19-25-23-13-26(19)11-10-22-20(21-4)24-18-12-17(18)16-8-6-15(7-9-16)14(2)3;/h6-9,13-14,17-18H,5,10-12H2,1-4H3,(H2,21,22,24);1H. The van der Waals surface area contributed by atoms with Gasteiger partial charge in [0.25, 0.3) is 0 Å². The minimum atomic E-state index is 0. The van der Waals surface area contributed by atoms with Crippen LogP contribution in [0.2, 0.25) is 0 Å². The Morgan fingerprint density at radius 2 is 2.04 bits per heavy atom. The van der Waals surface area contributed by atoms with Crippen molar-refractivity contribution in [2.24, 2.45) is 4.99 Å². The van der Waals surface area contributed by atoms with Crippen LogP contribution < -0.4 is 10.6 Å². The van der Waals surface area contributed by atoms with E-state index in [1.165, 1.54) is 11.1 Å². The molecule has 148 valence electrons. The van der Waals surface area contributed by atoms with E-state index in [0.29, 0.717) is 17.9 Å². The monoisotopic (exact) mass is 482 g/mol. The third-order valence-corrected chi connectivity index (χ3v) is 5.02. The molecule has 3 rings (SSSR count). The average molecular weight is 482 g/mol. The number of nitrogens with one attached hydrogen (secondary N) is 2. The zero-order valence-electron chi connectivity index (χ0n) is 16.6. The number of aromatic nitrogens is 3. The van der Waals surface area contributed by atoms with Gasteiger partial charge in [0.05, 0.1) is 0 Å². The number of halogens is 1. The zero-order chi connectivity index (χ0) is 18.5. The maximum absolute atomic E-state index is 4.35. The van der Waals surface area contributed by atoms with Gasteiger partial charge in [-0.15, -0.1) is 34.2 Å². The lowest BCUT2D eigenvalue weighted by atomic mass is 10.0. The van der Waals surface area contributed by atoms with Gasteiger partial charge in [-0.05, 0) is 23.5 Å². The molecule has 6 nitrogen and oxygen atoms in total. The molecule has 1 aliphatic carbocycles. The molecule has 2 atom stereocenters. The summed E-state index contributed by atoms with van der Waals surface area (Å²) < 4.78 is 2.08. The van der Waals surface area contributed by atoms with Crippen LogP contribution in [0, 0.1) is 0 Å². The number of hydrogen-bond donors (Lipinski definition) is 2. The number of aliphatic imine (C=N–C) groups is 1. The maximum atomic E-state index is 4.35. The van der Waals surface area contributed by atoms with Gasteiger partial charge in [0.15, 0.2) is 5.96 Å². The number of hydrogen-bond acceptors (Lipinski definition) is 3. The van der Waals surface area contributed by atoms with Crippen LogP contribution in [0.4, 0.5) is 0 Å². The number of nitrogens with zero attached hydrogens (tertiary/aromatic N) is 4. The van der Waals surface area contributed by atoms with Crippen LogP contribution in [0.25, 0.3) is 0 Å². The minimum absolute atomic E-state index is 0. The highest BCUT2D eigenvalue weighted by Gasteiger charge is 2.38. The van der Waals surface area contributed by atoms with Crippen molar-refractivity contribution in [1.29, 1.82) is 0 Å². The van der Waals surface area contributed by atoms with E-state index in [1.807, 2.05) is 7.05 Å². The summed E-state index contributed by atoms with van der Waals surface area (Å²) in [5.41, 5.74) is 2.82. The normalized spacial score (nSPS) is 18.9. The van der Waals surface area contributed by atoms with Crippen molar-refractivity contribution in [3.8, 4) is 0 Å². The van der Waals surface area contributed by atoms with E-state index in [4.69, 9.17) is 0 Å². The number of rotatable bonds is 7. The second-order valence-corrected chi connectivity index (χ2v) is 7.21. The first-order chi connectivity index (χ1) is 12.6. The topological polar surface area (TPSA) is 67.1 Å². The summed E-state index contributed by atoms with van der Waals surface area (Å²) in [7, 11) is 1.82. The Balaban J connectivity index is 0.00000261. The van der Waals surface area contributed by atoms with Gasteiger partial charge in [0.1, 0.15) is 12.2 Å². The molecule has 2 aromatic rings. The molecule has 1 aromatic carbocycles. The molecule has 1 saturated carbocycles. The van der Waals surface area contributed by atoms with Crippen molar-refractivity contribution in [2.45, 2.75) is 58.0 Å². The lowest BCUT2D eigenvalue weighted by Gasteiger charge is -2.13. The number of aryl methyl sites for hydroxylation is 1. The van der Waals surface area contributed by atoms with E-state index < -0.39 is 0 Å². The van der Waals surface area contributed by atoms with E-state index in [1.54, 1.807) is 6.33 Å². The van der Waals surface area contributed by atoms with Crippen molar-refractivity contribution < 1.29 is 0 Å². The minimum Gasteiger partial charge on any atom is -0.355 e. The Morgan fingerprint density at radius 1 is 1.30 bits per heavy atom. The second-order valence-electron chi connectivity index (χ2n) is 7.21. The molecule has 1 aliphatic rings. The predicted molar refractivity (Wildman–Crippen MR) is 121 cm³/mol. The van der Waals surface area contributed by atoms with Gasteiger partial charge in [-0.25, -0.2) is 0 Å². The summed E-state index contributed by atoms with van der Waals surface area (Å²) in [6.07, 6.45) is 3.84. The molecule has 27 heavy (non-hydrogen) atoms. The van der Waals surface area contributed by atoms with E-state index in [-0.39, 0.29) is 24.0 Å². The quantitative estimate of drug-likeness (QED) is 0.361. The maximum Gasteiger partial charge on any atom is 0.191 e. The molecule has 0 aliphatic heterocycles. The summed E-state index contributed by atoms with van der Waals surface area (Å²) in [6.45, 7) is 8.19. The second kappa shape index (κ2) is 10.1. The summed E-state index contributed by atoms with van der Waals surface area (Å²) in [6, 6.07) is 9.53. The molecular formula is C20H31IN6. The van der Waals surface area contributed by atoms with Gasteiger partial charge in [0.2, 0.25) is 0 Å². The van der Waals surface area contributed by atoms with Gasteiger partial charge in [-0.3, -0.25) is 4.99 Å². The van der Waals surface area contributed by atoms with Crippen molar-refractivity contribution in [1.82, 2.24) is 25.4 Å². The van der Waals surface area contributed by atoms with Crippen molar-refractivity contribution >= 4 is 29.9 Å². The molecule has 2 N–H and O–H groups in total. The Bertz CT molecular complexity index is 737. The third-order valence-electron chi connectivity index (χ3n) is 5.02. The van der Waals surface area contributed by atoms with Gasteiger partial charge in [-0.1, -0.05) is 45.0 Å². The first-order valence-corrected chi connectivity index (χ1v) is 9.56. The van der Waals surface area contributed by atoms with Gasteiger partial charge < -0.3 is 15.2 Å². The SMILES string of the molecule is CCc1nncn1CCNC(=NC)NC1CC1c1ccc(C(C)C)cc1.I. The highest BCUT2D eigenvalue weighted by molar-refractivity contribution is 14.0. The predicted octanol–water partition coefficient (Wildman–Crippen LogP) is 3.30. The van der Waals surface area contributed by atoms with Crippen LogP contribution in [0.3, 0.4) is 0 Å². The molecule has 1 heterocycles. The lowest BCUT2D eigenvalue weighted by Crippen LogP contribution is -2.40. The molecular weight excluding hydrogens is 451 g/mol. The van der Waals surface area contributed by atoms with Crippen LogP contribution in [-0.2, 0) is 13.0 Å². The highest BCUT2D eigenvalue weighted by atomic mass is 127. The molecule has 1 aromatic heterocycles. The van der Waals surface area contributed by atoms with Crippen LogP contribution in [0.5, 0.6) is 0 Å². The Hall–Kier alpha value is -1.64. The van der Waals surface area contributed by atoms with Crippen molar-refractivity contribution in [2.75, 3.05) is 13.6 Å². The summed E-state index contributed by atoms with van der Waals surface area (Å²) in [5.74, 6) is 3.04. The Labute approximate surface area is 179 Å². The van der Waals surface area contributed by atoms with Crippen molar-refractivity contribution in [3.63, 3.8) is 0 Å². The van der Waals surface area contributed by atoms with Crippen LogP contribution in [0.1, 0.15) is 56.0 Å². The third kappa shape index (κ3) is 5.67.